The molecule has 2 unspecified atom stereocenters. The van der Waals surface area contributed by atoms with Crippen LogP contribution in [0.15, 0.2) is 12.3 Å². The first kappa shape index (κ1) is 15.4. The molecule has 2 atom stereocenters. The van der Waals surface area contributed by atoms with Crippen LogP contribution in [0, 0.1) is 11.8 Å². The van der Waals surface area contributed by atoms with Crippen molar-refractivity contribution in [1.29, 1.82) is 0 Å². The minimum absolute atomic E-state index is 0.212. The number of rotatable bonds is 4. The highest BCUT2D eigenvalue weighted by Gasteiger charge is 2.29. The summed E-state index contributed by atoms with van der Waals surface area (Å²) in [5.74, 6) is 1.44. The molecule has 0 bridgehead atoms. The molecule has 0 radical (unpaired) electrons. The third-order valence-electron chi connectivity index (χ3n) is 3.83. The minimum atomic E-state index is -0.212. The van der Waals surface area contributed by atoms with Crippen LogP contribution in [0.5, 0.6) is 5.88 Å². The summed E-state index contributed by atoms with van der Waals surface area (Å²) < 4.78 is 5.17. The van der Waals surface area contributed by atoms with Crippen LogP contribution in [0.1, 0.15) is 26.7 Å². The number of halogens is 1. The van der Waals surface area contributed by atoms with E-state index in [9.17, 15) is 5.11 Å². The van der Waals surface area contributed by atoms with Gasteiger partial charge in [-0.15, -0.1) is 0 Å². The number of piperidine rings is 1. The molecule has 1 aromatic heterocycles. The Morgan fingerprint density at radius 3 is 2.95 bits per heavy atom. The van der Waals surface area contributed by atoms with Crippen molar-refractivity contribution in [1.82, 2.24) is 4.98 Å². The van der Waals surface area contributed by atoms with E-state index in [0.717, 1.165) is 31.6 Å². The SMILES string of the molecule is COc1cc(N2CCC(O)C(CC(C)C)C2)c(Cl)cn1. The standard InChI is InChI=1S/C15H23ClN2O2/c1-10(2)6-11-9-18(5-4-14(11)19)13-7-15(20-3)17-8-12(13)16/h7-8,10-11,14,19H,4-6,9H2,1-3H3. The summed E-state index contributed by atoms with van der Waals surface area (Å²) in [7, 11) is 1.60. The lowest BCUT2D eigenvalue weighted by atomic mass is 9.87. The van der Waals surface area contributed by atoms with Gasteiger partial charge in [0.1, 0.15) is 0 Å². The molecule has 1 N–H and O–H groups in total. The number of aromatic nitrogens is 1. The van der Waals surface area contributed by atoms with Crippen LogP contribution in [0.4, 0.5) is 5.69 Å². The van der Waals surface area contributed by atoms with E-state index in [-0.39, 0.29) is 6.10 Å². The van der Waals surface area contributed by atoms with Crippen molar-refractivity contribution < 1.29 is 9.84 Å². The van der Waals surface area contributed by atoms with Gasteiger partial charge in [-0.1, -0.05) is 25.4 Å². The number of anilines is 1. The van der Waals surface area contributed by atoms with Gasteiger partial charge in [0, 0.05) is 25.1 Å². The van der Waals surface area contributed by atoms with Crippen molar-refractivity contribution in [3.05, 3.63) is 17.3 Å². The quantitative estimate of drug-likeness (QED) is 0.928. The Morgan fingerprint density at radius 2 is 2.30 bits per heavy atom. The molecule has 112 valence electrons. The van der Waals surface area contributed by atoms with Gasteiger partial charge in [-0.3, -0.25) is 0 Å². The van der Waals surface area contributed by atoms with Gasteiger partial charge < -0.3 is 14.7 Å². The second-order valence-corrected chi connectivity index (χ2v) is 6.28. The molecule has 0 aromatic carbocycles. The van der Waals surface area contributed by atoms with Gasteiger partial charge in [0.15, 0.2) is 0 Å². The average molecular weight is 299 g/mol. The molecule has 20 heavy (non-hydrogen) atoms. The number of ether oxygens (including phenoxy) is 1. The lowest BCUT2D eigenvalue weighted by molar-refractivity contribution is 0.0766. The third kappa shape index (κ3) is 3.55. The first-order chi connectivity index (χ1) is 9.51. The smallest absolute Gasteiger partial charge is 0.215 e. The molecular formula is C15H23ClN2O2. The van der Waals surface area contributed by atoms with Crippen molar-refractivity contribution in [2.75, 3.05) is 25.1 Å². The van der Waals surface area contributed by atoms with Gasteiger partial charge in [-0.25, -0.2) is 4.98 Å². The number of aliphatic hydroxyl groups is 1. The number of pyridine rings is 1. The Bertz CT molecular complexity index is 453. The molecular weight excluding hydrogens is 276 g/mol. The van der Waals surface area contributed by atoms with Gasteiger partial charge in [0.05, 0.1) is 30.1 Å². The number of hydrogen-bond acceptors (Lipinski definition) is 4. The van der Waals surface area contributed by atoms with Crippen molar-refractivity contribution >= 4 is 17.3 Å². The van der Waals surface area contributed by atoms with Gasteiger partial charge >= 0.3 is 0 Å². The highest BCUT2D eigenvalue weighted by Crippen LogP contribution is 2.33. The Hall–Kier alpha value is -1.00. The number of methoxy groups -OCH3 is 1. The van der Waals surface area contributed by atoms with Crippen LogP contribution in [-0.4, -0.2) is 36.4 Å². The molecule has 4 nitrogen and oxygen atoms in total. The Balaban J connectivity index is 2.16. The molecule has 2 heterocycles. The third-order valence-corrected chi connectivity index (χ3v) is 4.12. The van der Waals surface area contributed by atoms with Crippen molar-refractivity contribution in [2.45, 2.75) is 32.8 Å². The number of aliphatic hydroxyl groups excluding tert-OH is 1. The highest BCUT2D eigenvalue weighted by atomic mass is 35.5. The zero-order valence-electron chi connectivity index (χ0n) is 12.3. The van der Waals surface area contributed by atoms with Gasteiger partial charge in [0.25, 0.3) is 0 Å². The summed E-state index contributed by atoms with van der Waals surface area (Å²) in [6.45, 7) is 6.01. The molecule has 0 saturated carbocycles. The zero-order chi connectivity index (χ0) is 14.7. The summed E-state index contributed by atoms with van der Waals surface area (Å²) in [5.41, 5.74) is 0.944. The Labute approximate surface area is 125 Å². The molecule has 1 saturated heterocycles. The lowest BCUT2D eigenvalue weighted by Gasteiger charge is -2.38. The first-order valence-corrected chi connectivity index (χ1v) is 7.51. The van der Waals surface area contributed by atoms with Crippen molar-refractivity contribution in [2.24, 2.45) is 11.8 Å². The van der Waals surface area contributed by atoms with E-state index in [1.807, 2.05) is 6.07 Å². The van der Waals surface area contributed by atoms with Crippen LogP contribution in [-0.2, 0) is 0 Å². The van der Waals surface area contributed by atoms with E-state index < -0.39 is 0 Å². The van der Waals surface area contributed by atoms with Crippen LogP contribution < -0.4 is 9.64 Å². The molecule has 0 aliphatic carbocycles. The van der Waals surface area contributed by atoms with Crippen LogP contribution >= 0.6 is 11.6 Å². The maximum absolute atomic E-state index is 10.2. The topological polar surface area (TPSA) is 45.6 Å². The summed E-state index contributed by atoms with van der Waals surface area (Å²) in [4.78, 5) is 6.33. The van der Waals surface area contributed by atoms with E-state index in [0.29, 0.717) is 22.7 Å². The van der Waals surface area contributed by atoms with Crippen molar-refractivity contribution in [3.8, 4) is 5.88 Å². The number of nitrogens with zero attached hydrogens (tertiary/aromatic N) is 2. The number of hydrogen-bond donors (Lipinski definition) is 1. The van der Waals surface area contributed by atoms with Crippen molar-refractivity contribution in [3.63, 3.8) is 0 Å². The summed E-state index contributed by atoms with van der Waals surface area (Å²) >= 11 is 6.25. The fourth-order valence-electron chi connectivity index (χ4n) is 2.84. The molecule has 1 aliphatic rings. The average Bonchev–Trinajstić information content (AvgIpc) is 2.41. The van der Waals surface area contributed by atoms with Crippen LogP contribution in [0.2, 0.25) is 5.02 Å². The van der Waals surface area contributed by atoms with Gasteiger partial charge in [-0.2, -0.15) is 0 Å². The Morgan fingerprint density at radius 1 is 1.55 bits per heavy atom. The Kier molecular flexibility index (Phi) is 5.11. The summed E-state index contributed by atoms with van der Waals surface area (Å²) in [5, 5.41) is 10.8. The van der Waals surface area contributed by atoms with E-state index in [4.69, 9.17) is 16.3 Å². The predicted molar refractivity (Wildman–Crippen MR) is 81.6 cm³/mol. The van der Waals surface area contributed by atoms with Crippen LogP contribution in [0.3, 0.4) is 0 Å². The maximum Gasteiger partial charge on any atom is 0.215 e. The van der Waals surface area contributed by atoms with Crippen LogP contribution in [0.25, 0.3) is 0 Å². The van der Waals surface area contributed by atoms with E-state index in [1.54, 1.807) is 13.3 Å². The first-order valence-electron chi connectivity index (χ1n) is 7.13. The minimum Gasteiger partial charge on any atom is -0.481 e. The fraction of sp³-hybridized carbons (Fsp3) is 0.667. The molecule has 1 fully saturated rings. The lowest BCUT2D eigenvalue weighted by Crippen LogP contribution is -2.43. The van der Waals surface area contributed by atoms with E-state index in [2.05, 4.69) is 23.7 Å². The molecule has 2 rings (SSSR count). The predicted octanol–water partition coefficient (Wildman–Crippen LogP) is 2.98. The fourth-order valence-corrected chi connectivity index (χ4v) is 3.06. The van der Waals surface area contributed by atoms with E-state index >= 15 is 0 Å². The van der Waals surface area contributed by atoms with Gasteiger partial charge in [-0.05, 0) is 18.8 Å². The molecule has 1 aromatic rings. The molecule has 5 heteroatoms. The van der Waals surface area contributed by atoms with Gasteiger partial charge in [0.2, 0.25) is 5.88 Å². The molecule has 0 amide bonds. The maximum atomic E-state index is 10.2. The largest absolute Gasteiger partial charge is 0.481 e. The summed E-state index contributed by atoms with van der Waals surface area (Å²) in [6, 6.07) is 1.87. The summed E-state index contributed by atoms with van der Waals surface area (Å²) in [6.07, 6.45) is 3.21. The monoisotopic (exact) mass is 298 g/mol. The normalized spacial score (nSPS) is 23.2. The molecule has 1 aliphatic heterocycles. The van der Waals surface area contributed by atoms with E-state index in [1.165, 1.54) is 0 Å². The second kappa shape index (κ2) is 6.64. The highest BCUT2D eigenvalue weighted by molar-refractivity contribution is 6.33. The zero-order valence-corrected chi connectivity index (χ0v) is 13.1. The second-order valence-electron chi connectivity index (χ2n) is 5.87. The molecule has 0 spiro atoms.